The average Bonchev–Trinajstić information content (AvgIpc) is 2.64. The maximum Gasteiger partial charge on any atom is 0.222 e. The Bertz CT molecular complexity index is 498. The second kappa shape index (κ2) is 7.08. The predicted molar refractivity (Wildman–Crippen MR) is 85.1 cm³/mol. The van der Waals surface area contributed by atoms with Crippen LogP contribution in [0.1, 0.15) is 55.4 Å². The number of aliphatic hydroxyl groups excluding tert-OH is 1. The van der Waals surface area contributed by atoms with E-state index in [4.69, 9.17) is 0 Å². The van der Waals surface area contributed by atoms with Crippen molar-refractivity contribution in [1.82, 2.24) is 4.90 Å². The van der Waals surface area contributed by atoms with E-state index in [0.29, 0.717) is 18.9 Å². The summed E-state index contributed by atoms with van der Waals surface area (Å²) in [6, 6.07) is 6.02. The number of hydrogen-bond donors (Lipinski definition) is 1. The minimum absolute atomic E-state index is 0.189. The quantitative estimate of drug-likeness (QED) is 0.923. The van der Waals surface area contributed by atoms with Crippen molar-refractivity contribution in [2.75, 3.05) is 13.1 Å². The summed E-state index contributed by atoms with van der Waals surface area (Å²) >= 11 is 0. The third-order valence-electron chi connectivity index (χ3n) is 4.81. The lowest BCUT2D eigenvalue weighted by Gasteiger charge is -2.24. The van der Waals surface area contributed by atoms with Gasteiger partial charge in [0.1, 0.15) is 0 Å². The van der Waals surface area contributed by atoms with Crippen LogP contribution in [0.25, 0.3) is 0 Å². The molecule has 116 valence electrons. The molecule has 0 aromatic heterocycles. The van der Waals surface area contributed by atoms with E-state index in [1.807, 2.05) is 23.1 Å². The van der Waals surface area contributed by atoms with Crippen molar-refractivity contribution in [3.63, 3.8) is 0 Å². The van der Waals surface area contributed by atoms with Crippen LogP contribution in [0.3, 0.4) is 0 Å². The predicted octanol–water partition coefficient (Wildman–Crippen LogP) is 3.38. The fourth-order valence-corrected chi connectivity index (χ4v) is 2.98. The fourth-order valence-electron chi connectivity index (χ4n) is 2.98. The molecule has 0 bridgehead atoms. The highest BCUT2D eigenvalue weighted by Gasteiger charge is 2.23. The molecular weight excluding hydrogens is 262 g/mol. The molecule has 1 heterocycles. The molecule has 0 spiro atoms. The van der Waals surface area contributed by atoms with Crippen LogP contribution >= 0.6 is 0 Å². The van der Waals surface area contributed by atoms with Gasteiger partial charge in [-0.15, -0.1) is 0 Å². The monoisotopic (exact) mass is 289 g/mol. The first kappa shape index (κ1) is 16.0. The molecule has 1 aliphatic rings. The van der Waals surface area contributed by atoms with Crippen LogP contribution < -0.4 is 0 Å². The second-order valence-electron chi connectivity index (χ2n) is 6.30. The van der Waals surface area contributed by atoms with Crippen LogP contribution in [-0.2, 0) is 4.79 Å². The van der Waals surface area contributed by atoms with E-state index in [1.165, 1.54) is 11.1 Å². The summed E-state index contributed by atoms with van der Waals surface area (Å²) < 4.78 is 0. The number of β-amino-alcohol motifs (C(OH)–C–C–N with tert-alkyl or cyclic N) is 1. The van der Waals surface area contributed by atoms with Crippen molar-refractivity contribution in [3.05, 3.63) is 34.9 Å². The lowest BCUT2D eigenvalue weighted by molar-refractivity contribution is -0.132. The summed E-state index contributed by atoms with van der Waals surface area (Å²) in [6.45, 7) is 7.49. The minimum atomic E-state index is -0.591. The van der Waals surface area contributed by atoms with Gasteiger partial charge in [-0.25, -0.2) is 0 Å². The van der Waals surface area contributed by atoms with Gasteiger partial charge in [0, 0.05) is 13.0 Å². The van der Waals surface area contributed by atoms with Crippen LogP contribution in [-0.4, -0.2) is 29.0 Å². The Morgan fingerprint density at radius 3 is 2.71 bits per heavy atom. The van der Waals surface area contributed by atoms with Gasteiger partial charge in [0.15, 0.2) is 0 Å². The molecule has 2 atom stereocenters. The van der Waals surface area contributed by atoms with Crippen molar-refractivity contribution in [1.29, 1.82) is 0 Å². The topological polar surface area (TPSA) is 40.5 Å². The Balaban J connectivity index is 2.02. The van der Waals surface area contributed by atoms with E-state index >= 15 is 0 Å². The van der Waals surface area contributed by atoms with Crippen molar-refractivity contribution < 1.29 is 9.90 Å². The third-order valence-corrected chi connectivity index (χ3v) is 4.81. The third kappa shape index (κ3) is 4.07. The van der Waals surface area contributed by atoms with E-state index in [2.05, 4.69) is 20.8 Å². The molecular formula is C18H27NO2. The van der Waals surface area contributed by atoms with Crippen LogP contribution in [0.4, 0.5) is 0 Å². The molecule has 0 saturated carbocycles. The Morgan fingerprint density at radius 2 is 2.05 bits per heavy atom. The van der Waals surface area contributed by atoms with E-state index < -0.39 is 6.10 Å². The highest BCUT2D eigenvalue weighted by atomic mass is 16.3. The summed E-state index contributed by atoms with van der Waals surface area (Å²) in [4.78, 5) is 14.0. The summed E-state index contributed by atoms with van der Waals surface area (Å²) in [5.41, 5.74) is 3.31. The summed E-state index contributed by atoms with van der Waals surface area (Å²) in [6.07, 6.45) is 3.22. The first-order valence-corrected chi connectivity index (χ1v) is 8.04. The number of hydrogen-bond acceptors (Lipinski definition) is 2. The van der Waals surface area contributed by atoms with Crippen molar-refractivity contribution in [2.45, 2.75) is 52.6 Å². The highest BCUT2D eigenvalue weighted by Crippen LogP contribution is 2.24. The number of carbonyl (C=O) groups is 1. The Labute approximate surface area is 128 Å². The molecule has 1 N–H and O–H groups in total. The maximum absolute atomic E-state index is 12.2. The molecule has 1 aliphatic heterocycles. The molecule has 0 aliphatic carbocycles. The van der Waals surface area contributed by atoms with Gasteiger partial charge in [-0.05, 0) is 49.3 Å². The fraction of sp³-hybridized carbons (Fsp3) is 0.611. The second-order valence-corrected chi connectivity index (χ2v) is 6.30. The minimum Gasteiger partial charge on any atom is -0.387 e. The standard InChI is InChI=1S/C18H27NO2/c1-4-15-6-8-18(21)19(10-9-15)12-17(20)16-7-5-13(2)14(3)11-16/h5,7,11,15,17,20H,4,6,8-10,12H2,1-3H3. The zero-order chi connectivity index (χ0) is 15.4. The largest absolute Gasteiger partial charge is 0.387 e. The van der Waals surface area contributed by atoms with Crippen LogP contribution in [0, 0.1) is 19.8 Å². The van der Waals surface area contributed by atoms with Crippen LogP contribution in [0.2, 0.25) is 0 Å². The number of benzene rings is 1. The number of likely N-dealkylation sites (tertiary alicyclic amines) is 1. The molecule has 2 rings (SSSR count). The van der Waals surface area contributed by atoms with Crippen LogP contribution in [0.15, 0.2) is 18.2 Å². The normalized spacial score (nSPS) is 21.2. The lowest BCUT2D eigenvalue weighted by Crippen LogP contribution is -2.34. The van der Waals surface area contributed by atoms with Crippen molar-refractivity contribution >= 4 is 5.91 Å². The summed E-state index contributed by atoms with van der Waals surface area (Å²) in [5.74, 6) is 0.839. The summed E-state index contributed by atoms with van der Waals surface area (Å²) in [7, 11) is 0. The molecule has 3 heteroatoms. The number of nitrogens with zero attached hydrogens (tertiary/aromatic N) is 1. The molecule has 1 aromatic rings. The smallest absolute Gasteiger partial charge is 0.222 e. The SMILES string of the molecule is CCC1CCC(=O)N(CC(O)c2ccc(C)c(C)c2)CC1. The average molecular weight is 289 g/mol. The Morgan fingerprint density at radius 1 is 1.29 bits per heavy atom. The molecule has 2 unspecified atom stereocenters. The van der Waals surface area contributed by atoms with Gasteiger partial charge >= 0.3 is 0 Å². The first-order chi connectivity index (χ1) is 10.0. The molecule has 1 fully saturated rings. The lowest BCUT2D eigenvalue weighted by atomic mass is 9.98. The first-order valence-electron chi connectivity index (χ1n) is 8.04. The van der Waals surface area contributed by atoms with E-state index in [1.54, 1.807) is 0 Å². The molecule has 3 nitrogen and oxygen atoms in total. The molecule has 1 saturated heterocycles. The van der Waals surface area contributed by atoms with Gasteiger partial charge in [-0.3, -0.25) is 4.79 Å². The van der Waals surface area contributed by atoms with Gasteiger partial charge < -0.3 is 10.0 Å². The van der Waals surface area contributed by atoms with Gasteiger partial charge in [0.05, 0.1) is 12.6 Å². The molecule has 1 aromatic carbocycles. The van der Waals surface area contributed by atoms with Crippen molar-refractivity contribution in [3.8, 4) is 0 Å². The van der Waals surface area contributed by atoms with E-state index in [9.17, 15) is 9.90 Å². The van der Waals surface area contributed by atoms with Gasteiger partial charge in [0.25, 0.3) is 0 Å². The molecule has 1 amide bonds. The number of aliphatic hydroxyl groups is 1. The zero-order valence-electron chi connectivity index (χ0n) is 13.4. The number of amides is 1. The number of aryl methyl sites for hydroxylation is 2. The zero-order valence-corrected chi connectivity index (χ0v) is 13.4. The van der Waals surface area contributed by atoms with E-state index in [-0.39, 0.29) is 5.91 Å². The van der Waals surface area contributed by atoms with Gasteiger partial charge in [-0.2, -0.15) is 0 Å². The van der Waals surface area contributed by atoms with Gasteiger partial charge in [-0.1, -0.05) is 31.5 Å². The van der Waals surface area contributed by atoms with Gasteiger partial charge in [0.2, 0.25) is 5.91 Å². The maximum atomic E-state index is 12.2. The number of carbonyl (C=O) groups excluding carboxylic acids is 1. The van der Waals surface area contributed by atoms with Crippen molar-refractivity contribution in [2.24, 2.45) is 5.92 Å². The Hall–Kier alpha value is -1.35. The van der Waals surface area contributed by atoms with E-state index in [0.717, 1.165) is 31.4 Å². The Kier molecular flexibility index (Phi) is 5.40. The molecule has 0 radical (unpaired) electrons. The highest BCUT2D eigenvalue weighted by molar-refractivity contribution is 5.76. The summed E-state index contributed by atoms with van der Waals surface area (Å²) in [5, 5.41) is 10.4. The van der Waals surface area contributed by atoms with Crippen LogP contribution in [0.5, 0.6) is 0 Å². The molecule has 21 heavy (non-hydrogen) atoms. The number of rotatable bonds is 4.